The first-order valence-electron chi connectivity index (χ1n) is 13.7. The summed E-state index contributed by atoms with van der Waals surface area (Å²) in [6, 6.07) is 2.37. The molecule has 0 radical (unpaired) electrons. The molecule has 242 valence electrons. The van der Waals surface area contributed by atoms with E-state index in [9.17, 15) is 42.9 Å². The van der Waals surface area contributed by atoms with E-state index in [1.165, 1.54) is 6.92 Å². The maximum Gasteiger partial charge on any atom is 0.490 e. The van der Waals surface area contributed by atoms with Gasteiger partial charge in [0, 0.05) is 24.4 Å². The van der Waals surface area contributed by atoms with Gasteiger partial charge in [0.2, 0.25) is 5.91 Å². The molecule has 1 aromatic rings. The van der Waals surface area contributed by atoms with Gasteiger partial charge in [0.1, 0.15) is 17.9 Å². The molecule has 5 N–H and O–H groups in total. The quantitative estimate of drug-likeness (QED) is 0.255. The van der Waals surface area contributed by atoms with Crippen LogP contribution in [0.2, 0.25) is 0 Å². The number of hydrogen-bond donors (Lipinski definition) is 5. The summed E-state index contributed by atoms with van der Waals surface area (Å²) in [7, 11) is 3.56. The zero-order valence-corrected chi connectivity index (χ0v) is 24.0. The number of nitrogens with zero attached hydrogens (tertiary/aromatic N) is 1. The molecule has 13 nitrogen and oxygen atoms in total. The summed E-state index contributed by atoms with van der Waals surface area (Å²) in [6.07, 6.45) is -4.50. The van der Waals surface area contributed by atoms with Gasteiger partial charge in [0.15, 0.2) is 17.6 Å². The van der Waals surface area contributed by atoms with Crippen LogP contribution in [0.5, 0.6) is 11.5 Å². The lowest BCUT2D eigenvalue weighted by atomic mass is 9.50. The summed E-state index contributed by atoms with van der Waals surface area (Å²) in [5.41, 5.74) is 0.0356. The van der Waals surface area contributed by atoms with Crippen LogP contribution in [-0.2, 0) is 35.8 Å². The van der Waals surface area contributed by atoms with E-state index in [0.29, 0.717) is 24.3 Å². The number of carboxylic acid groups (broad SMARTS) is 2. The molecule has 0 aromatic heterocycles. The number of methoxy groups -OCH3 is 1. The van der Waals surface area contributed by atoms with E-state index >= 15 is 0 Å². The van der Waals surface area contributed by atoms with Crippen LogP contribution in [0.25, 0.3) is 0 Å². The average Bonchev–Trinajstić information content (AvgIpc) is 3.30. The van der Waals surface area contributed by atoms with Crippen molar-refractivity contribution in [2.75, 3.05) is 20.7 Å². The topological polar surface area (TPSA) is 192 Å². The van der Waals surface area contributed by atoms with Gasteiger partial charge in [-0.05, 0) is 57.5 Å². The van der Waals surface area contributed by atoms with Crippen LogP contribution in [0, 0.1) is 0 Å². The lowest BCUT2D eigenvalue weighted by Gasteiger charge is -2.61. The molecule has 0 saturated carbocycles. The fourth-order valence-electron chi connectivity index (χ4n) is 6.58. The SMILES string of the molecule is COc1ccc2c3c1O[C@H]1C(OC(=O)CCC(NC(=O)C(C)O)C(=O)O)=CC[C@@]4(O)[C@@H](C2)N(C)CC[C@]314.O=C(O)C(F)(F)F. The number of amides is 1. The number of hydrogen-bond acceptors (Lipinski definition) is 10. The van der Waals surface area contributed by atoms with E-state index in [1.807, 2.05) is 19.2 Å². The molecule has 1 fully saturated rings. The third-order valence-electron chi connectivity index (χ3n) is 8.66. The molecule has 1 amide bonds. The lowest BCUT2D eigenvalue weighted by molar-refractivity contribution is -0.192. The first-order chi connectivity index (χ1) is 20.5. The molecule has 1 spiro atoms. The van der Waals surface area contributed by atoms with Gasteiger partial charge in [-0.3, -0.25) is 9.59 Å². The zero-order chi connectivity index (χ0) is 32.8. The lowest BCUT2D eigenvalue weighted by Crippen LogP contribution is -2.74. The van der Waals surface area contributed by atoms with Crippen LogP contribution in [0.3, 0.4) is 0 Å². The minimum Gasteiger partial charge on any atom is -0.493 e. The van der Waals surface area contributed by atoms with Gasteiger partial charge in [-0.1, -0.05) is 6.07 Å². The molecule has 2 aliphatic carbocycles. The minimum atomic E-state index is -5.08. The Hall–Kier alpha value is -3.89. The number of ether oxygens (including phenoxy) is 3. The molecule has 2 bridgehead atoms. The molecule has 1 saturated heterocycles. The fourth-order valence-corrected chi connectivity index (χ4v) is 6.58. The van der Waals surface area contributed by atoms with Crippen LogP contribution in [-0.4, -0.2) is 106 Å². The van der Waals surface area contributed by atoms with Gasteiger partial charge in [0.05, 0.1) is 18.1 Å². The number of rotatable bonds is 8. The van der Waals surface area contributed by atoms with Crippen LogP contribution in [0.4, 0.5) is 13.2 Å². The number of alkyl halides is 3. The van der Waals surface area contributed by atoms with Crippen LogP contribution in [0.15, 0.2) is 24.0 Å². The molecular weight excluding hydrogens is 597 g/mol. The van der Waals surface area contributed by atoms with Gasteiger partial charge in [-0.15, -0.1) is 0 Å². The number of nitrogens with one attached hydrogen (secondary N) is 1. The smallest absolute Gasteiger partial charge is 0.490 e. The summed E-state index contributed by atoms with van der Waals surface area (Å²) >= 11 is 0. The Morgan fingerprint density at radius 1 is 1.23 bits per heavy atom. The normalized spacial score (nSPS) is 27.7. The van der Waals surface area contributed by atoms with Crippen molar-refractivity contribution in [1.82, 2.24) is 10.2 Å². The summed E-state index contributed by atoms with van der Waals surface area (Å²) in [6.45, 7) is 1.95. The molecule has 2 heterocycles. The van der Waals surface area contributed by atoms with Crippen molar-refractivity contribution in [3.05, 3.63) is 35.1 Å². The summed E-state index contributed by atoms with van der Waals surface area (Å²) in [4.78, 5) is 47.2. The Bertz CT molecular complexity index is 1380. The fraction of sp³-hybridized carbons (Fsp3) is 0.571. The van der Waals surface area contributed by atoms with Crippen molar-refractivity contribution in [1.29, 1.82) is 0 Å². The molecule has 1 aromatic carbocycles. The maximum atomic E-state index is 12.8. The second-order valence-corrected chi connectivity index (χ2v) is 11.2. The first kappa shape index (κ1) is 33.0. The van der Waals surface area contributed by atoms with E-state index in [0.717, 1.165) is 17.7 Å². The van der Waals surface area contributed by atoms with Gasteiger partial charge in [0.25, 0.3) is 0 Å². The second kappa shape index (κ2) is 11.9. The molecular formula is C28H33F3N2O11. The Labute approximate surface area is 249 Å². The standard InChI is InChI=1S/C26H32N2O9.C2HF3O2/c1-13(29)23(31)27-15(24(32)33)5-7-19(30)36-17-8-9-26(34)18-12-14-4-6-16(35-3)21-20(14)25(26,22(17)37-21)10-11-28(18)2;3-2(4,5)1(6)7/h4,6,8,13,15,18,22,29,34H,5,7,9-12H2,1-3H3,(H,27,31)(H,32,33);(H,6,7)/t13?,15?,18-,22+,25+,26-;/m1./s1. The molecule has 2 aliphatic heterocycles. The number of aliphatic hydroxyl groups is 2. The number of carboxylic acids is 2. The average molecular weight is 631 g/mol. The minimum absolute atomic E-state index is 0.137. The Morgan fingerprint density at radius 3 is 2.45 bits per heavy atom. The molecule has 6 atom stereocenters. The van der Waals surface area contributed by atoms with Gasteiger partial charge < -0.3 is 44.9 Å². The summed E-state index contributed by atoms with van der Waals surface area (Å²) in [5, 5.41) is 40.3. The maximum absolute atomic E-state index is 12.8. The third kappa shape index (κ3) is 5.57. The van der Waals surface area contributed by atoms with E-state index in [1.54, 1.807) is 13.2 Å². The molecule has 2 unspecified atom stereocenters. The van der Waals surface area contributed by atoms with Crippen molar-refractivity contribution < 1.29 is 67.0 Å². The molecule has 16 heteroatoms. The summed E-state index contributed by atoms with van der Waals surface area (Å²) < 4.78 is 49.5. The highest BCUT2D eigenvalue weighted by molar-refractivity contribution is 5.86. The molecule has 44 heavy (non-hydrogen) atoms. The van der Waals surface area contributed by atoms with E-state index in [2.05, 4.69) is 10.2 Å². The van der Waals surface area contributed by atoms with Crippen molar-refractivity contribution in [2.45, 2.75) is 80.5 Å². The number of halogens is 3. The Kier molecular flexibility index (Phi) is 8.92. The number of benzene rings is 1. The summed E-state index contributed by atoms with van der Waals surface area (Å²) in [5.74, 6) is -4.22. The number of aliphatic carboxylic acids is 2. The van der Waals surface area contributed by atoms with Crippen LogP contribution < -0.4 is 14.8 Å². The molecule has 4 aliphatic rings. The van der Waals surface area contributed by atoms with Gasteiger partial charge in [-0.2, -0.15) is 13.2 Å². The van der Waals surface area contributed by atoms with Crippen molar-refractivity contribution in [3.63, 3.8) is 0 Å². The first-order valence-corrected chi connectivity index (χ1v) is 13.7. The zero-order valence-electron chi connectivity index (χ0n) is 24.0. The van der Waals surface area contributed by atoms with Gasteiger partial charge >= 0.3 is 24.1 Å². The number of carbonyl (C=O) groups is 4. The number of esters is 1. The highest BCUT2D eigenvalue weighted by Crippen LogP contribution is 2.65. The van der Waals surface area contributed by atoms with E-state index in [4.69, 9.17) is 24.1 Å². The number of aliphatic hydroxyl groups excluding tert-OH is 1. The van der Waals surface area contributed by atoms with Crippen molar-refractivity contribution >= 4 is 23.8 Å². The number of likely N-dealkylation sites (tertiary alicyclic amines) is 1. The van der Waals surface area contributed by atoms with Crippen molar-refractivity contribution in [3.8, 4) is 11.5 Å². The van der Waals surface area contributed by atoms with E-state index in [-0.39, 0.29) is 31.1 Å². The monoisotopic (exact) mass is 630 g/mol. The van der Waals surface area contributed by atoms with Gasteiger partial charge in [-0.25, -0.2) is 9.59 Å². The van der Waals surface area contributed by atoms with Crippen LogP contribution >= 0.6 is 0 Å². The number of likely N-dealkylation sites (N-methyl/N-ethyl adjacent to an activating group) is 1. The highest BCUT2D eigenvalue weighted by atomic mass is 19.4. The second-order valence-electron chi connectivity index (χ2n) is 11.2. The third-order valence-corrected chi connectivity index (χ3v) is 8.66. The predicted octanol–water partition coefficient (Wildman–Crippen LogP) is 0.880. The van der Waals surface area contributed by atoms with Crippen molar-refractivity contribution in [2.24, 2.45) is 0 Å². The van der Waals surface area contributed by atoms with E-state index < -0.39 is 59.3 Å². The Morgan fingerprint density at radius 2 is 1.89 bits per heavy atom. The Balaban J connectivity index is 0.000000566. The van der Waals surface area contributed by atoms with Crippen LogP contribution in [0.1, 0.15) is 43.7 Å². The number of piperidine rings is 1. The predicted molar refractivity (Wildman–Crippen MR) is 142 cm³/mol. The highest BCUT2D eigenvalue weighted by Gasteiger charge is 2.72. The molecule has 5 rings (SSSR count). The number of carbonyl (C=O) groups excluding carboxylic acids is 2. The largest absolute Gasteiger partial charge is 0.493 e.